The summed E-state index contributed by atoms with van der Waals surface area (Å²) >= 11 is 1.36. The molecule has 0 unspecified atom stereocenters. The predicted octanol–water partition coefficient (Wildman–Crippen LogP) is 6.59. The van der Waals surface area contributed by atoms with Gasteiger partial charge in [0, 0.05) is 17.4 Å². The van der Waals surface area contributed by atoms with E-state index in [2.05, 4.69) is 10.1 Å². The van der Waals surface area contributed by atoms with E-state index >= 15 is 0 Å². The first kappa shape index (κ1) is 24.9. The Hall–Kier alpha value is -2.36. The summed E-state index contributed by atoms with van der Waals surface area (Å²) in [7, 11) is 0. The number of rotatable bonds is 7. The number of fused-ring (bicyclic) bond motifs is 1. The van der Waals surface area contributed by atoms with Gasteiger partial charge in [0.25, 0.3) is 0 Å². The van der Waals surface area contributed by atoms with E-state index in [1.54, 1.807) is 25.1 Å². The second kappa shape index (κ2) is 9.43. The zero-order valence-corrected chi connectivity index (χ0v) is 21.9. The van der Waals surface area contributed by atoms with Crippen molar-refractivity contribution in [1.82, 2.24) is 10.1 Å². The van der Waals surface area contributed by atoms with E-state index < -0.39 is 17.2 Å². The smallest absolute Gasteiger partial charge is 0.335 e. The van der Waals surface area contributed by atoms with Crippen LogP contribution in [0.4, 0.5) is 4.39 Å². The molecular weight excluding hydrogens is 495 g/mol. The Morgan fingerprint density at radius 1 is 1.14 bits per heavy atom. The van der Waals surface area contributed by atoms with Gasteiger partial charge in [-0.15, -0.1) is 11.3 Å². The van der Waals surface area contributed by atoms with Gasteiger partial charge in [0.05, 0.1) is 34.2 Å². The number of aliphatic hydroxyl groups is 1. The van der Waals surface area contributed by atoms with Gasteiger partial charge in [-0.25, -0.2) is 14.2 Å². The normalized spacial score (nSPS) is 30.6. The molecule has 37 heavy (non-hydrogen) atoms. The largest absolute Gasteiger partial charge is 0.478 e. The molecule has 3 fully saturated rings. The molecular formula is C28H33FN2O5S. The van der Waals surface area contributed by atoms with Gasteiger partial charge >= 0.3 is 5.97 Å². The number of benzene rings is 1. The molecule has 3 aromatic rings. The zero-order valence-electron chi connectivity index (χ0n) is 21.0. The van der Waals surface area contributed by atoms with Crippen LogP contribution in [0, 0.1) is 0 Å². The Balaban J connectivity index is 1.11. The van der Waals surface area contributed by atoms with Gasteiger partial charge in [-0.05, 0) is 89.3 Å². The highest BCUT2D eigenvalue weighted by molar-refractivity contribution is 7.18. The fraction of sp³-hybridized carbons (Fsp3) is 0.607. The van der Waals surface area contributed by atoms with Gasteiger partial charge in [0.2, 0.25) is 0 Å². The molecule has 0 radical (unpaired) electrons. The SMILES string of the molecule is CC1(F)CCC(c2noc(C3CC3)c2COC2CCC(O)(c3nc4ccc(C(=O)O)cc4s3)CC2)CC1. The van der Waals surface area contributed by atoms with Crippen LogP contribution in [0.15, 0.2) is 22.7 Å². The molecule has 0 aliphatic heterocycles. The number of carbonyl (C=O) groups is 1. The van der Waals surface area contributed by atoms with E-state index in [-0.39, 0.29) is 17.6 Å². The lowest BCUT2D eigenvalue weighted by molar-refractivity contribution is -0.0643. The van der Waals surface area contributed by atoms with Crippen LogP contribution in [0.25, 0.3) is 10.2 Å². The van der Waals surface area contributed by atoms with Gasteiger partial charge < -0.3 is 19.5 Å². The summed E-state index contributed by atoms with van der Waals surface area (Å²) < 4.78 is 27.3. The first-order valence-corrected chi connectivity index (χ1v) is 14.2. The van der Waals surface area contributed by atoms with Crippen molar-refractivity contribution in [2.24, 2.45) is 0 Å². The molecule has 1 aromatic carbocycles. The lowest BCUT2D eigenvalue weighted by Crippen LogP contribution is -2.34. The highest BCUT2D eigenvalue weighted by atomic mass is 32.1. The standard InChI is InChI=1S/C28H33FN2O5S/c1-27(29)10-6-16(7-11-27)23-20(24(36-31-23)17-2-3-17)15-35-19-8-12-28(34,13-9-19)26-30-21-5-4-18(25(32)33)14-22(21)37-26/h4-5,14,16-17,19,34H,2-3,6-13,15H2,1H3,(H,32,33). The van der Waals surface area contributed by atoms with Gasteiger partial charge in [0.1, 0.15) is 22.0 Å². The molecule has 2 heterocycles. The fourth-order valence-corrected chi connectivity index (χ4v) is 7.02. The van der Waals surface area contributed by atoms with Crippen LogP contribution in [0.5, 0.6) is 0 Å². The fourth-order valence-electron chi connectivity index (χ4n) is 5.87. The minimum absolute atomic E-state index is 0.0172. The van der Waals surface area contributed by atoms with Crippen molar-refractivity contribution < 1.29 is 28.7 Å². The Kier molecular flexibility index (Phi) is 6.36. The molecule has 3 saturated carbocycles. The lowest BCUT2D eigenvalue weighted by Gasteiger charge is -2.34. The maximum atomic E-state index is 14.4. The van der Waals surface area contributed by atoms with E-state index in [1.165, 1.54) is 11.3 Å². The van der Waals surface area contributed by atoms with Crippen LogP contribution in [-0.2, 0) is 16.9 Å². The molecule has 9 heteroatoms. The van der Waals surface area contributed by atoms with Crippen molar-refractivity contribution in [3.63, 3.8) is 0 Å². The van der Waals surface area contributed by atoms with Crippen LogP contribution in [0.2, 0.25) is 0 Å². The highest BCUT2D eigenvalue weighted by Crippen LogP contribution is 2.47. The minimum atomic E-state index is -1.09. The average Bonchev–Trinajstić information content (AvgIpc) is 3.48. The van der Waals surface area contributed by atoms with Crippen LogP contribution >= 0.6 is 11.3 Å². The van der Waals surface area contributed by atoms with E-state index in [1.807, 2.05) is 0 Å². The van der Waals surface area contributed by atoms with Crippen LogP contribution in [-0.4, -0.2) is 38.1 Å². The number of nitrogens with zero attached hydrogens (tertiary/aromatic N) is 2. The summed E-state index contributed by atoms with van der Waals surface area (Å²) in [5.74, 6) is 0.618. The third kappa shape index (κ3) is 5.05. The van der Waals surface area contributed by atoms with E-state index in [4.69, 9.17) is 9.26 Å². The van der Waals surface area contributed by atoms with Gasteiger partial charge in [0.15, 0.2) is 0 Å². The molecule has 0 bridgehead atoms. The number of carboxylic acids is 1. The number of aromatic carboxylic acids is 1. The Morgan fingerprint density at radius 3 is 2.54 bits per heavy atom. The molecule has 0 atom stereocenters. The van der Waals surface area contributed by atoms with Crippen molar-refractivity contribution in [2.75, 3.05) is 0 Å². The molecule has 6 rings (SSSR count). The van der Waals surface area contributed by atoms with Crippen LogP contribution < -0.4 is 0 Å². The first-order chi connectivity index (χ1) is 17.7. The molecule has 2 N–H and O–H groups in total. The zero-order chi connectivity index (χ0) is 25.8. The number of halogens is 1. The topological polar surface area (TPSA) is 106 Å². The number of thiazole rings is 1. The molecule has 2 aromatic heterocycles. The third-order valence-electron chi connectivity index (χ3n) is 8.47. The molecule has 7 nitrogen and oxygen atoms in total. The Labute approximate surface area is 219 Å². The predicted molar refractivity (Wildman–Crippen MR) is 137 cm³/mol. The van der Waals surface area contributed by atoms with Crippen molar-refractivity contribution in [3.8, 4) is 0 Å². The molecule has 3 aliphatic carbocycles. The maximum absolute atomic E-state index is 14.4. The van der Waals surface area contributed by atoms with Crippen LogP contribution in [0.3, 0.4) is 0 Å². The van der Waals surface area contributed by atoms with Crippen molar-refractivity contribution >= 4 is 27.5 Å². The van der Waals surface area contributed by atoms with Gasteiger partial charge in [-0.1, -0.05) is 5.16 Å². The first-order valence-electron chi connectivity index (χ1n) is 13.4. The van der Waals surface area contributed by atoms with Gasteiger partial charge in [-0.3, -0.25) is 0 Å². The summed E-state index contributed by atoms with van der Waals surface area (Å²) in [6.07, 6.45) is 7.38. The monoisotopic (exact) mass is 528 g/mol. The summed E-state index contributed by atoms with van der Waals surface area (Å²) in [6.45, 7) is 2.13. The summed E-state index contributed by atoms with van der Waals surface area (Å²) in [5, 5.41) is 25.7. The summed E-state index contributed by atoms with van der Waals surface area (Å²) in [4.78, 5) is 15.9. The molecule has 0 saturated heterocycles. The van der Waals surface area contributed by atoms with E-state index in [0.29, 0.717) is 61.6 Å². The second-order valence-corrected chi connectivity index (χ2v) is 12.5. The second-order valence-electron chi connectivity index (χ2n) is 11.4. The van der Waals surface area contributed by atoms with E-state index in [9.17, 15) is 19.4 Å². The quantitative estimate of drug-likeness (QED) is 0.356. The molecule has 0 spiro atoms. The highest BCUT2D eigenvalue weighted by Gasteiger charge is 2.40. The Morgan fingerprint density at radius 2 is 1.86 bits per heavy atom. The van der Waals surface area contributed by atoms with E-state index in [0.717, 1.165) is 47.4 Å². The number of ether oxygens (including phenoxy) is 1. The number of hydrogen-bond donors (Lipinski definition) is 2. The molecule has 3 aliphatic rings. The minimum Gasteiger partial charge on any atom is -0.478 e. The average molecular weight is 529 g/mol. The number of aromatic nitrogens is 2. The third-order valence-corrected chi connectivity index (χ3v) is 9.68. The van der Waals surface area contributed by atoms with Crippen LogP contribution in [0.1, 0.15) is 115 Å². The van der Waals surface area contributed by atoms with Gasteiger partial charge in [-0.2, -0.15) is 0 Å². The molecule has 0 amide bonds. The maximum Gasteiger partial charge on any atom is 0.335 e. The number of alkyl halides is 1. The number of hydrogen-bond acceptors (Lipinski definition) is 7. The Bertz CT molecular complexity index is 1300. The molecule has 198 valence electrons. The summed E-state index contributed by atoms with van der Waals surface area (Å²) in [6, 6.07) is 4.86. The van der Waals surface area contributed by atoms with Crippen molar-refractivity contribution in [2.45, 2.75) is 107 Å². The van der Waals surface area contributed by atoms with Crippen molar-refractivity contribution in [1.29, 1.82) is 0 Å². The van der Waals surface area contributed by atoms with Crippen molar-refractivity contribution in [3.05, 3.63) is 45.8 Å². The lowest BCUT2D eigenvalue weighted by atomic mass is 9.78. The summed E-state index contributed by atoms with van der Waals surface area (Å²) in [5.41, 5.74) is 0.834. The number of carboxylic acid groups (broad SMARTS) is 1.